The zero-order chi connectivity index (χ0) is 7.56. The average Bonchev–Trinajstić information content (AvgIpc) is 1.96. The molecule has 2 heteroatoms. The molecular weight excluding hydrogens is 167 g/mol. The first-order chi connectivity index (χ1) is 4.70. The molecule has 10 heavy (non-hydrogen) atoms. The van der Waals surface area contributed by atoms with E-state index in [2.05, 4.69) is 6.92 Å². The highest BCUT2D eigenvalue weighted by molar-refractivity contribution is 6.30. The van der Waals surface area contributed by atoms with Crippen LogP contribution in [0.2, 0.25) is 0 Å². The summed E-state index contributed by atoms with van der Waals surface area (Å²) in [6, 6.07) is 0. The van der Waals surface area contributed by atoms with E-state index in [1.54, 1.807) is 0 Å². The standard InChI is InChI=1S/C8H14Cl2/c1-6-3-2-4-7(9)8(10)5-6/h6-8H,2-5H2,1H3/t6?,7-,8?/m1/s1. The monoisotopic (exact) mass is 180 g/mol. The molecule has 0 N–H and O–H groups in total. The molecule has 1 saturated carbocycles. The molecule has 60 valence electrons. The fourth-order valence-electron chi connectivity index (χ4n) is 1.49. The maximum Gasteiger partial charge on any atom is 0.0502 e. The van der Waals surface area contributed by atoms with E-state index in [4.69, 9.17) is 23.2 Å². The molecule has 3 atom stereocenters. The van der Waals surface area contributed by atoms with Gasteiger partial charge < -0.3 is 0 Å². The van der Waals surface area contributed by atoms with Crippen LogP contribution in [0.5, 0.6) is 0 Å². The predicted octanol–water partition coefficient (Wildman–Crippen LogP) is 3.41. The molecule has 1 fully saturated rings. The third-order valence-electron chi connectivity index (χ3n) is 2.20. The lowest BCUT2D eigenvalue weighted by molar-refractivity contribution is 0.507. The van der Waals surface area contributed by atoms with Crippen molar-refractivity contribution in [3.63, 3.8) is 0 Å². The van der Waals surface area contributed by atoms with Crippen LogP contribution in [-0.2, 0) is 0 Å². The molecule has 0 saturated heterocycles. The average molecular weight is 181 g/mol. The van der Waals surface area contributed by atoms with Crippen molar-refractivity contribution in [3.8, 4) is 0 Å². The Balaban J connectivity index is 2.41. The summed E-state index contributed by atoms with van der Waals surface area (Å²) in [6.07, 6.45) is 4.74. The molecule has 0 aromatic heterocycles. The Kier molecular flexibility index (Phi) is 3.32. The summed E-state index contributed by atoms with van der Waals surface area (Å²) in [5, 5.41) is 0.422. The summed E-state index contributed by atoms with van der Waals surface area (Å²) >= 11 is 12.0. The van der Waals surface area contributed by atoms with E-state index in [0.717, 1.165) is 18.8 Å². The van der Waals surface area contributed by atoms with E-state index in [-0.39, 0.29) is 10.8 Å². The van der Waals surface area contributed by atoms with Crippen LogP contribution in [-0.4, -0.2) is 10.8 Å². The lowest BCUT2D eigenvalue weighted by atomic mass is 10.0. The summed E-state index contributed by atoms with van der Waals surface area (Å²) in [5.74, 6) is 0.770. The highest BCUT2D eigenvalue weighted by atomic mass is 35.5. The number of rotatable bonds is 0. The molecule has 2 unspecified atom stereocenters. The Bertz CT molecular complexity index is 103. The molecule has 0 spiro atoms. The molecule has 0 bridgehead atoms. The normalized spacial score (nSPS) is 42.9. The second-order valence-corrected chi connectivity index (χ2v) is 4.42. The third-order valence-corrected chi connectivity index (χ3v) is 3.33. The molecule has 0 radical (unpaired) electrons. The zero-order valence-corrected chi connectivity index (χ0v) is 7.83. The van der Waals surface area contributed by atoms with Crippen LogP contribution in [0.1, 0.15) is 32.6 Å². The zero-order valence-electron chi connectivity index (χ0n) is 6.32. The number of hydrogen-bond acceptors (Lipinski definition) is 0. The Morgan fingerprint density at radius 1 is 1.10 bits per heavy atom. The van der Waals surface area contributed by atoms with E-state index in [9.17, 15) is 0 Å². The molecule has 0 nitrogen and oxygen atoms in total. The fraction of sp³-hybridized carbons (Fsp3) is 1.00. The second kappa shape index (κ2) is 3.82. The van der Waals surface area contributed by atoms with Gasteiger partial charge in [-0.3, -0.25) is 0 Å². The smallest absolute Gasteiger partial charge is 0.0502 e. The van der Waals surface area contributed by atoms with Gasteiger partial charge in [-0.15, -0.1) is 23.2 Å². The molecule has 0 aromatic rings. The van der Waals surface area contributed by atoms with Gasteiger partial charge in [-0.2, -0.15) is 0 Å². The highest BCUT2D eigenvalue weighted by Crippen LogP contribution is 2.29. The van der Waals surface area contributed by atoms with Gasteiger partial charge in [0, 0.05) is 5.38 Å². The van der Waals surface area contributed by atoms with Crippen LogP contribution in [0.25, 0.3) is 0 Å². The highest BCUT2D eigenvalue weighted by Gasteiger charge is 2.22. The van der Waals surface area contributed by atoms with Gasteiger partial charge in [0.05, 0.1) is 5.38 Å². The number of alkyl halides is 2. The molecule has 1 rings (SSSR count). The van der Waals surface area contributed by atoms with Gasteiger partial charge in [-0.1, -0.05) is 19.8 Å². The Labute approximate surface area is 72.9 Å². The van der Waals surface area contributed by atoms with Gasteiger partial charge in [0.25, 0.3) is 0 Å². The van der Waals surface area contributed by atoms with Crippen molar-refractivity contribution in [2.24, 2.45) is 5.92 Å². The van der Waals surface area contributed by atoms with E-state index in [1.165, 1.54) is 12.8 Å². The van der Waals surface area contributed by atoms with Crippen molar-refractivity contribution in [2.45, 2.75) is 43.4 Å². The summed E-state index contributed by atoms with van der Waals surface area (Å²) < 4.78 is 0. The van der Waals surface area contributed by atoms with Gasteiger partial charge in [-0.25, -0.2) is 0 Å². The summed E-state index contributed by atoms with van der Waals surface area (Å²) in [6.45, 7) is 2.25. The first kappa shape index (κ1) is 8.67. The van der Waals surface area contributed by atoms with Crippen LogP contribution < -0.4 is 0 Å². The van der Waals surface area contributed by atoms with Crippen molar-refractivity contribution < 1.29 is 0 Å². The van der Waals surface area contributed by atoms with Crippen LogP contribution in [0.4, 0.5) is 0 Å². The number of halogens is 2. The molecule has 1 aliphatic rings. The summed E-state index contributed by atoms with van der Waals surface area (Å²) in [4.78, 5) is 0. The molecule has 1 aliphatic carbocycles. The van der Waals surface area contributed by atoms with Gasteiger partial charge >= 0.3 is 0 Å². The minimum Gasteiger partial charge on any atom is -0.121 e. The maximum atomic E-state index is 6.03. The van der Waals surface area contributed by atoms with E-state index < -0.39 is 0 Å². The van der Waals surface area contributed by atoms with Crippen molar-refractivity contribution in [1.29, 1.82) is 0 Å². The maximum absolute atomic E-state index is 6.03. The van der Waals surface area contributed by atoms with E-state index >= 15 is 0 Å². The number of hydrogen-bond donors (Lipinski definition) is 0. The topological polar surface area (TPSA) is 0 Å². The molecule has 0 amide bonds. The summed E-state index contributed by atoms with van der Waals surface area (Å²) in [7, 11) is 0. The van der Waals surface area contributed by atoms with Gasteiger partial charge in [0.2, 0.25) is 0 Å². The molecular formula is C8H14Cl2. The quantitative estimate of drug-likeness (QED) is 0.396. The molecule has 0 aromatic carbocycles. The van der Waals surface area contributed by atoms with Crippen LogP contribution in [0.3, 0.4) is 0 Å². The van der Waals surface area contributed by atoms with E-state index in [0.29, 0.717) is 0 Å². The van der Waals surface area contributed by atoms with Crippen molar-refractivity contribution >= 4 is 23.2 Å². The van der Waals surface area contributed by atoms with Crippen LogP contribution >= 0.6 is 23.2 Å². The largest absolute Gasteiger partial charge is 0.121 e. The minimum absolute atomic E-state index is 0.208. The Morgan fingerprint density at radius 2 is 1.80 bits per heavy atom. The third kappa shape index (κ3) is 2.32. The Hall–Kier alpha value is 0.580. The molecule has 0 aliphatic heterocycles. The van der Waals surface area contributed by atoms with Crippen molar-refractivity contribution in [2.75, 3.05) is 0 Å². The fourth-order valence-corrected chi connectivity index (χ4v) is 2.18. The summed E-state index contributed by atoms with van der Waals surface area (Å²) in [5.41, 5.74) is 0. The van der Waals surface area contributed by atoms with E-state index in [1.807, 2.05) is 0 Å². The predicted molar refractivity (Wildman–Crippen MR) is 46.9 cm³/mol. The SMILES string of the molecule is CC1CCC[C@@H](Cl)C(Cl)C1. The second-order valence-electron chi connectivity index (χ2n) is 3.30. The first-order valence-electron chi connectivity index (χ1n) is 3.98. The van der Waals surface area contributed by atoms with Crippen LogP contribution in [0.15, 0.2) is 0 Å². The molecule has 0 heterocycles. The minimum atomic E-state index is 0.208. The first-order valence-corrected chi connectivity index (χ1v) is 4.85. The lowest BCUT2D eigenvalue weighted by Crippen LogP contribution is -2.13. The van der Waals surface area contributed by atoms with Gasteiger partial charge in [0.1, 0.15) is 0 Å². The van der Waals surface area contributed by atoms with Crippen molar-refractivity contribution in [3.05, 3.63) is 0 Å². The lowest BCUT2D eigenvalue weighted by Gasteiger charge is -2.12. The van der Waals surface area contributed by atoms with Gasteiger partial charge in [0.15, 0.2) is 0 Å². The van der Waals surface area contributed by atoms with Crippen LogP contribution in [0, 0.1) is 5.92 Å². The van der Waals surface area contributed by atoms with Crippen molar-refractivity contribution in [1.82, 2.24) is 0 Å². The van der Waals surface area contributed by atoms with Gasteiger partial charge in [-0.05, 0) is 18.8 Å². The Morgan fingerprint density at radius 3 is 2.50 bits per heavy atom.